The molecular formula is C14H14F3N3O2. The smallest absolute Gasteiger partial charge is 0.433 e. The summed E-state index contributed by atoms with van der Waals surface area (Å²) in [6.45, 7) is 0.163. The van der Waals surface area contributed by atoms with Crippen molar-refractivity contribution in [2.75, 3.05) is 20.3 Å². The van der Waals surface area contributed by atoms with Crippen LogP contribution < -0.4 is 15.2 Å². The van der Waals surface area contributed by atoms with Crippen molar-refractivity contribution in [1.29, 1.82) is 0 Å². The molecule has 2 aromatic rings. The molecular weight excluding hydrogens is 299 g/mol. The first kappa shape index (κ1) is 16.0. The Morgan fingerprint density at radius 2 is 1.91 bits per heavy atom. The maximum Gasteiger partial charge on any atom is 0.433 e. The fourth-order valence-electron chi connectivity index (χ4n) is 1.78. The van der Waals surface area contributed by atoms with Gasteiger partial charge in [0, 0.05) is 12.1 Å². The van der Waals surface area contributed by atoms with Gasteiger partial charge in [0.05, 0.1) is 12.8 Å². The predicted molar refractivity (Wildman–Crippen MR) is 73.6 cm³/mol. The Bertz CT molecular complexity index is 647. The van der Waals surface area contributed by atoms with E-state index in [0.717, 1.165) is 6.07 Å². The van der Waals surface area contributed by atoms with Crippen LogP contribution in [0.3, 0.4) is 0 Å². The number of para-hydroxylation sites is 1. The summed E-state index contributed by atoms with van der Waals surface area (Å²) in [6, 6.07) is 7.10. The lowest BCUT2D eigenvalue weighted by Crippen LogP contribution is -2.15. The van der Waals surface area contributed by atoms with Crippen LogP contribution in [0.5, 0.6) is 11.8 Å². The summed E-state index contributed by atoms with van der Waals surface area (Å²) < 4.78 is 49.1. The Hall–Kier alpha value is -2.35. The third-order valence-electron chi connectivity index (χ3n) is 2.73. The quantitative estimate of drug-likeness (QED) is 0.918. The molecule has 0 radical (unpaired) electrons. The molecule has 0 spiro atoms. The van der Waals surface area contributed by atoms with Gasteiger partial charge in [-0.3, -0.25) is 0 Å². The number of aromatic nitrogens is 2. The van der Waals surface area contributed by atoms with E-state index in [1.807, 2.05) is 0 Å². The van der Waals surface area contributed by atoms with Gasteiger partial charge in [-0.2, -0.15) is 23.1 Å². The first-order valence-corrected chi connectivity index (χ1v) is 6.38. The van der Waals surface area contributed by atoms with Gasteiger partial charge in [-0.15, -0.1) is 0 Å². The monoisotopic (exact) mass is 313 g/mol. The number of methoxy groups -OCH3 is 1. The molecule has 22 heavy (non-hydrogen) atoms. The molecule has 0 amide bonds. The molecule has 118 valence electrons. The lowest BCUT2D eigenvalue weighted by molar-refractivity contribution is -0.141. The molecule has 0 unspecified atom stereocenters. The number of rotatable bonds is 5. The lowest BCUT2D eigenvalue weighted by atomic mass is 10.1. The fourth-order valence-corrected chi connectivity index (χ4v) is 1.78. The van der Waals surface area contributed by atoms with E-state index in [1.54, 1.807) is 24.3 Å². The molecule has 0 fully saturated rings. The summed E-state index contributed by atoms with van der Waals surface area (Å²) in [5, 5.41) is 0. The standard InChI is InChI=1S/C14H14F3N3O2/c1-21-11-5-3-2-4-9(11)10-8-12(14(15,16)17)20-13(19-10)22-7-6-18/h2-5,8H,6-7,18H2,1H3. The molecule has 2 rings (SSSR count). The minimum atomic E-state index is -4.61. The maximum atomic E-state index is 13.0. The Morgan fingerprint density at radius 3 is 2.55 bits per heavy atom. The van der Waals surface area contributed by atoms with E-state index in [0.29, 0.717) is 11.3 Å². The van der Waals surface area contributed by atoms with Gasteiger partial charge in [-0.25, -0.2) is 0 Å². The van der Waals surface area contributed by atoms with Crippen LogP contribution in [-0.4, -0.2) is 30.2 Å². The highest BCUT2D eigenvalue weighted by molar-refractivity contribution is 5.67. The predicted octanol–water partition coefficient (Wildman–Crippen LogP) is 2.51. The molecule has 0 aliphatic rings. The molecule has 1 aromatic carbocycles. The molecule has 0 atom stereocenters. The number of nitrogens with two attached hydrogens (primary N) is 1. The van der Waals surface area contributed by atoms with Gasteiger partial charge >= 0.3 is 12.2 Å². The van der Waals surface area contributed by atoms with E-state index in [2.05, 4.69) is 9.97 Å². The minimum Gasteiger partial charge on any atom is -0.496 e. The minimum absolute atomic E-state index is 0.0205. The van der Waals surface area contributed by atoms with Crippen LogP contribution in [0.15, 0.2) is 30.3 Å². The third kappa shape index (κ3) is 3.64. The average Bonchev–Trinajstić information content (AvgIpc) is 2.51. The van der Waals surface area contributed by atoms with Gasteiger partial charge in [-0.05, 0) is 18.2 Å². The van der Waals surface area contributed by atoms with Crippen molar-refractivity contribution in [2.45, 2.75) is 6.18 Å². The molecule has 2 N–H and O–H groups in total. The highest BCUT2D eigenvalue weighted by atomic mass is 19.4. The van der Waals surface area contributed by atoms with Gasteiger partial charge in [0.2, 0.25) is 0 Å². The van der Waals surface area contributed by atoms with E-state index in [1.165, 1.54) is 7.11 Å². The first-order valence-electron chi connectivity index (χ1n) is 6.38. The van der Waals surface area contributed by atoms with Crippen LogP contribution in [0.1, 0.15) is 5.69 Å². The molecule has 0 bridgehead atoms. The van der Waals surface area contributed by atoms with Crippen molar-refractivity contribution in [1.82, 2.24) is 9.97 Å². The Labute approximate surface area is 124 Å². The summed E-state index contributed by atoms with van der Waals surface area (Å²) in [7, 11) is 1.43. The van der Waals surface area contributed by atoms with Crippen LogP contribution in [0.25, 0.3) is 11.3 Å². The van der Waals surface area contributed by atoms with E-state index in [4.69, 9.17) is 15.2 Å². The van der Waals surface area contributed by atoms with E-state index < -0.39 is 11.9 Å². The highest BCUT2D eigenvalue weighted by Gasteiger charge is 2.34. The Balaban J connectivity index is 2.54. The van der Waals surface area contributed by atoms with Crippen molar-refractivity contribution in [3.8, 4) is 23.0 Å². The fraction of sp³-hybridized carbons (Fsp3) is 0.286. The maximum absolute atomic E-state index is 13.0. The van der Waals surface area contributed by atoms with Gasteiger partial charge < -0.3 is 15.2 Å². The first-order chi connectivity index (χ1) is 10.5. The summed E-state index contributed by atoms with van der Waals surface area (Å²) in [5.41, 5.74) is 4.66. The Kier molecular flexibility index (Phi) is 4.81. The second-order valence-electron chi connectivity index (χ2n) is 4.26. The van der Waals surface area contributed by atoms with Crippen LogP contribution in [0.2, 0.25) is 0 Å². The van der Waals surface area contributed by atoms with Crippen molar-refractivity contribution in [3.63, 3.8) is 0 Å². The van der Waals surface area contributed by atoms with Gasteiger partial charge in [-0.1, -0.05) is 12.1 Å². The molecule has 8 heteroatoms. The second kappa shape index (κ2) is 6.61. The van der Waals surface area contributed by atoms with Gasteiger partial charge in [0.25, 0.3) is 0 Å². The average molecular weight is 313 g/mol. The molecule has 1 aromatic heterocycles. The summed E-state index contributed by atoms with van der Waals surface area (Å²) in [6.07, 6.45) is -4.61. The summed E-state index contributed by atoms with van der Waals surface area (Å²) in [4.78, 5) is 7.36. The Morgan fingerprint density at radius 1 is 1.18 bits per heavy atom. The molecule has 0 saturated heterocycles. The summed E-state index contributed by atoms with van der Waals surface area (Å²) in [5.74, 6) is 0.402. The lowest BCUT2D eigenvalue weighted by Gasteiger charge is -2.12. The number of halogens is 3. The summed E-state index contributed by atoms with van der Waals surface area (Å²) >= 11 is 0. The number of hydrogen-bond acceptors (Lipinski definition) is 5. The van der Waals surface area contributed by atoms with Crippen molar-refractivity contribution < 1.29 is 22.6 Å². The van der Waals surface area contributed by atoms with Gasteiger partial charge in [0.1, 0.15) is 12.4 Å². The topological polar surface area (TPSA) is 70.3 Å². The molecule has 0 saturated carbocycles. The number of ether oxygens (including phenoxy) is 2. The zero-order valence-electron chi connectivity index (χ0n) is 11.7. The van der Waals surface area contributed by atoms with Crippen LogP contribution in [0.4, 0.5) is 13.2 Å². The van der Waals surface area contributed by atoms with E-state index >= 15 is 0 Å². The molecule has 5 nitrogen and oxygen atoms in total. The van der Waals surface area contributed by atoms with E-state index in [-0.39, 0.29) is 24.9 Å². The zero-order valence-corrected chi connectivity index (χ0v) is 11.7. The van der Waals surface area contributed by atoms with Crippen molar-refractivity contribution in [3.05, 3.63) is 36.0 Å². The molecule has 0 aliphatic heterocycles. The number of hydrogen-bond donors (Lipinski definition) is 1. The second-order valence-corrected chi connectivity index (χ2v) is 4.26. The van der Waals surface area contributed by atoms with Crippen molar-refractivity contribution in [2.24, 2.45) is 5.73 Å². The third-order valence-corrected chi connectivity index (χ3v) is 2.73. The van der Waals surface area contributed by atoms with E-state index in [9.17, 15) is 13.2 Å². The highest BCUT2D eigenvalue weighted by Crippen LogP contribution is 2.34. The van der Waals surface area contributed by atoms with Crippen molar-refractivity contribution >= 4 is 0 Å². The largest absolute Gasteiger partial charge is 0.496 e. The number of alkyl halides is 3. The zero-order chi connectivity index (χ0) is 16.2. The molecule has 0 aliphatic carbocycles. The SMILES string of the molecule is COc1ccccc1-c1cc(C(F)(F)F)nc(OCCN)n1. The number of nitrogens with zero attached hydrogens (tertiary/aromatic N) is 2. The van der Waals surface area contributed by atoms with Crippen LogP contribution >= 0.6 is 0 Å². The van der Waals surface area contributed by atoms with Crippen LogP contribution in [-0.2, 0) is 6.18 Å². The normalized spacial score (nSPS) is 11.3. The number of benzene rings is 1. The molecule has 1 heterocycles. The van der Waals surface area contributed by atoms with Gasteiger partial charge in [0.15, 0.2) is 5.69 Å². The van der Waals surface area contributed by atoms with Crippen LogP contribution in [0, 0.1) is 0 Å².